The Bertz CT molecular complexity index is 1290. The molecule has 35 heavy (non-hydrogen) atoms. The molecule has 0 aromatic carbocycles. The van der Waals surface area contributed by atoms with E-state index in [4.69, 9.17) is 4.98 Å². The highest BCUT2D eigenvalue weighted by Gasteiger charge is 2.45. The molecule has 2 aliphatic rings. The molecule has 1 aliphatic heterocycles. The second-order valence-electron chi connectivity index (χ2n) is 10.1. The number of hydrogen-bond acceptors (Lipinski definition) is 5. The summed E-state index contributed by atoms with van der Waals surface area (Å²) in [5, 5.41) is 10.6. The van der Waals surface area contributed by atoms with Gasteiger partial charge in [0.2, 0.25) is 5.92 Å². The molecular formula is C26H30F2N6O. The molecule has 184 valence electrons. The van der Waals surface area contributed by atoms with Crippen LogP contribution in [0.15, 0.2) is 36.8 Å². The van der Waals surface area contributed by atoms with Gasteiger partial charge in [0.15, 0.2) is 0 Å². The largest absolute Gasteiger partial charge is 0.352 e. The average molecular weight is 481 g/mol. The lowest BCUT2D eigenvalue weighted by Gasteiger charge is -2.34. The zero-order chi connectivity index (χ0) is 24.7. The molecule has 0 bridgehead atoms. The Labute approximate surface area is 203 Å². The summed E-state index contributed by atoms with van der Waals surface area (Å²) >= 11 is 0. The Morgan fingerprint density at radius 3 is 2.86 bits per heavy atom. The van der Waals surface area contributed by atoms with Gasteiger partial charge in [0, 0.05) is 56.4 Å². The summed E-state index contributed by atoms with van der Waals surface area (Å²) in [7, 11) is 0. The fraction of sp³-hybridized carbons (Fsp3) is 0.462. The van der Waals surface area contributed by atoms with Gasteiger partial charge < -0.3 is 10.6 Å². The zero-order valence-corrected chi connectivity index (χ0v) is 20.2. The molecule has 0 radical (unpaired) electrons. The monoisotopic (exact) mass is 480 g/mol. The van der Waals surface area contributed by atoms with Crippen molar-refractivity contribution >= 4 is 17.0 Å². The maximum Gasteiger partial charge on any atom is 0.255 e. The summed E-state index contributed by atoms with van der Waals surface area (Å²) in [5.74, 6) is -1.78. The number of pyridine rings is 1. The van der Waals surface area contributed by atoms with Crippen LogP contribution in [0.2, 0.25) is 0 Å². The van der Waals surface area contributed by atoms with Crippen LogP contribution in [-0.2, 0) is 13.0 Å². The van der Waals surface area contributed by atoms with E-state index >= 15 is 0 Å². The zero-order valence-electron chi connectivity index (χ0n) is 20.2. The van der Waals surface area contributed by atoms with Crippen LogP contribution in [0.4, 0.5) is 8.78 Å². The van der Waals surface area contributed by atoms with Gasteiger partial charge in [-0.05, 0) is 42.0 Å². The van der Waals surface area contributed by atoms with Crippen molar-refractivity contribution < 1.29 is 13.6 Å². The number of nitrogens with one attached hydrogen (secondary N) is 2. The minimum absolute atomic E-state index is 0.122. The standard InChI is InChI=1S/C26H30F2N6O/c1-15(2)6-24-30-12-20-19(7-16(3)29-14-22(20)33-24)18-4-5-34-23(8-18)21(13-32-34)25(35)31-11-17-9-26(27,28)10-17/h4-5,7-8,12-13,15-17,29H,6,9-11,14H2,1-3H3,(H,31,35)/t16-/m1/s1. The van der Waals surface area contributed by atoms with Crippen molar-refractivity contribution in [3.05, 3.63) is 65.0 Å². The highest BCUT2D eigenvalue weighted by molar-refractivity contribution is 6.01. The lowest BCUT2D eigenvalue weighted by molar-refractivity contribution is -0.108. The summed E-state index contributed by atoms with van der Waals surface area (Å²) in [6, 6.07) is 4.03. The van der Waals surface area contributed by atoms with Gasteiger partial charge in [0.05, 0.1) is 23.0 Å². The van der Waals surface area contributed by atoms with E-state index in [0.29, 0.717) is 23.5 Å². The van der Waals surface area contributed by atoms with Crippen LogP contribution in [0.25, 0.3) is 11.1 Å². The number of hydrogen-bond donors (Lipinski definition) is 2. The Kier molecular flexibility index (Phi) is 6.13. The first kappa shape index (κ1) is 23.5. The van der Waals surface area contributed by atoms with E-state index in [1.807, 2.05) is 24.5 Å². The van der Waals surface area contributed by atoms with Gasteiger partial charge in [0.25, 0.3) is 5.91 Å². The Balaban J connectivity index is 1.44. The molecule has 9 heteroatoms. The van der Waals surface area contributed by atoms with Crippen molar-refractivity contribution in [3.8, 4) is 0 Å². The molecule has 1 fully saturated rings. The van der Waals surface area contributed by atoms with E-state index in [9.17, 15) is 13.6 Å². The van der Waals surface area contributed by atoms with Gasteiger partial charge in [0.1, 0.15) is 5.82 Å². The molecular weight excluding hydrogens is 450 g/mol. The third-order valence-electron chi connectivity index (χ3n) is 6.61. The van der Waals surface area contributed by atoms with Crippen molar-refractivity contribution in [2.75, 3.05) is 6.54 Å². The molecule has 7 nitrogen and oxygen atoms in total. The van der Waals surface area contributed by atoms with Crippen LogP contribution in [0, 0.1) is 11.8 Å². The van der Waals surface area contributed by atoms with E-state index in [2.05, 4.69) is 47.6 Å². The molecule has 1 saturated carbocycles. The van der Waals surface area contributed by atoms with Crippen LogP contribution in [0.5, 0.6) is 0 Å². The normalized spacial score (nSPS) is 19.7. The second-order valence-corrected chi connectivity index (χ2v) is 10.1. The van der Waals surface area contributed by atoms with Crippen LogP contribution < -0.4 is 10.6 Å². The number of halogens is 2. The minimum atomic E-state index is -2.59. The fourth-order valence-corrected chi connectivity index (χ4v) is 4.77. The molecule has 1 atom stereocenters. The predicted octanol–water partition coefficient (Wildman–Crippen LogP) is 4.02. The lowest BCUT2D eigenvalue weighted by Crippen LogP contribution is -2.42. The molecule has 1 amide bonds. The topological polar surface area (TPSA) is 84.2 Å². The first-order valence-corrected chi connectivity index (χ1v) is 12.1. The first-order chi connectivity index (χ1) is 16.7. The maximum absolute atomic E-state index is 13.1. The maximum atomic E-state index is 13.1. The smallest absolute Gasteiger partial charge is 0.255 e. The van der Waals surface area contributed by atoms with Crippen molar-refractivity contribution in [1.82, 2.24) is 30.2 Å². The molecule has 4 heterocycles. The highest BCUT2D eigenvalue weighted by atomic mass is 19.3. The van der Waals surface area contributed by atoms with E-state index in [1.54, 1.807) is 4.52 Å². The van der Waals surface area contributed by atoms with E-state index in [0.717, 1.165) is 34.6 Å². The fourth-order valence-electron chi connectivity index (χ4n) is 4.77. The van der Waals surface area contributed by atoms with E-state index < -0.39 is 5.92 Å². The van der Waals surface area contributed by atoms with Gasteiger partial charge in [-0.1, -0.05) is 19.9 Å². The van der Waals surface area contributed by atoms with Crippen LogP contribution in [0.1, 0.15) is 66.6 Å². The Morgan fingerprint density at radius 2 is 2.11 bits per heavy atom. The molecule has 5 rings (SSSR count). The number of aromatic nitrogens is 4. The number of carbonyl (C=O) groups excluding carboxylic acids is 1. The molecule has 1 aliphatic carbocycles. The van der Waals surface area contributed by atoms with Crippen LogP contribution >= 0.6 is 0 Å². The molecule has 3 aromatic heterocycles. The Morgan fingerprint density at radius 1 is 1.31 bits per heavy atom. The number of amides is 1. The third kappa shape index (κ3) is 4.96. The molecule has 3 aromatic rings. The van der Waals surface area contributed by atoms with Crippen molar-refractivity contribution in [2.45, 2.75) is 58.5 Å². The SMILES string of the molecule is CC(C)Cc1ncc2c(n1)CN[C@H](C)C=C2c1ccn2ncc(C(=O)NCC3CC(F)(F)C3)c2c1. The summed E-state index contributed by atoms with van der Waals surface area (Å²) < 4.78 is 27.9. The van der Waals surface area contributed by atoms with Gasteiger partial charge in [-0.15, -0.1) is 0 Å². The molecule has 0 unspecified atom stereocenters. The van der Waals surface area contributed by atoms with Crippen molar-refractivity contribution in [3.63, 3.8) is 0 Å². The summed E-state index contributed by atoms with van der Waals surface area (Å²) in [6.45, 7) is 7.28. The molecule has 0 spiro atoms. The molecule has 0 saturated heterocycles. The quantitative estimate of drug-likeness (QED) is 0.557. The number of rotatable bonds is 6. The summed E-state index contributed by atoms with van der Waals surface area (Å²) in [5.41, 5.74) is 4.93. The van der Waals surface area contributed by atoms with Gasteiger partial charge in [-0.25, -0.2) is 23.3 Å². The number of alkyl halides is 2. The third-order valence-corrected chi connectivity index (χ3v) is 6.61. The summed E-state index contributed by atoms with van der Waals surface area (Å²) in [6.07, 6.45) is 7.86. The van der Waals surface area contributed by atoms with Crippen LogP contribution in [0.3, 0.4) is 0 Å². The Hall–Kier alpha value is -3.20. The van der Waals surface area contributed by atoms with Crippen molar-refractivity contribution in [2.24, 2.45) is 11.8 Å². The minimum Gasteiger partial charge on any atom is -0.352 e. The van der Waals surface area contributed by atoms with E-state index in [1.165, 1.54) is 6.20 Å². The number of fused-ring (bicyclic) bond motifs is 2. The second kappa shape index (κ2) is 9.11. The van der Waals surface area contributed by atoms with Gasteiger partial charge >= 0.3 is 0 Å². The number of carbonyl (C=O) groups is 1. The highest BCUT2D eigenvalue weighted by Crippen LogP contribution is 2.41. The van der Waals surface area contributed by atoms with Gasteiger partial charge in [-0.3, -0.25) is 4.79 Å². The predicted molar refractivity (Wildman–Crippen MR) is 129 cm³/mol. The van der Waals surface area contributed by atoms with Crippen molar-refractivity contribution in [1.29, 1.82) is 0 Å². The van der Waals surface area contributed by atoms with Gasteiger partial charge in [-0.2, -0.15) is 5.10 Å². The first-order valence-electron chi connectivity index (χ1n) is 12.1. The molecule has 2 N–H and O–H groups in total. The average Bonchev–Trinajstić information content (AvgIpc) is 3.14. The van der Waals surface area contributed by atoms with Crippen LogP contribution in [-0.4, -0.2) is 44.0 Å². The van der Waals surface area contributed by atoms with E-state index in [-0.39, 0.29) is 37.3 Å². The lowest BCUT2D eigenvalue weighted by atomic mass is 9.81. The summed E-state index contributed by atoms with van der Waals surface area (Å²) in [4.78, 5) is 22.3. The number of nitrogens with zero attached hydrogens (tertiary/aromatic N) is 4.